The van der Waals surface area contributed by atoms with Crippen molar-refractivity contribution < 1.29 is 0 Å². The summed E-state index contributed by atoms with van der Waals surface area (Å²) < 4.78 is 1.19. The van der Waals surface area contributed by atoms with Gasteiger partial charge in [0.2, 0.25) is 0 Å². The lowest BCUT2D eigenvalue weighted by atomic mass is 10.1. The van der Waals surface area contributed by atoms with Crippen LogP contribution < -0.4 is 0 Å². The van der Waals surface area contributed by atoms with Gasteiger partial charge in [-0.15, -0.1) is 0 Å². The summed E-state index contributed by atoms with van der Waals surface area (Å²) in [5, 5.41) is 1.04. The summed E-state index contributed by atoms with van der Waals surface area (Å²) in [6.45, 7) is 0. The zero-order valence-electron chi connectivity index (χ0n) is 7.34. The molecule has 0 N–H and O–H groups in total. The van der Waals surface area contributed by atoms with E-state index >= 15 is 0 Å². The molecule has 0 atom stereocenters. The highest BCUT2D eigenvalue weighted by atomic mass is 79.9. The molecule has 0 saturated heterocycles. The second-order valence-electron chi connectivity index (χ2n) is 2.74. The van der Waals surface area contributed by atoms with Crippen LogP contribution in [-0.2, 0) is 6.42 Å². The Kier molecular flexibility index (Phi) is 5.40. The van der Waals surface area contributed by atoms with Gasteiger partial charge in [-0.3, -0.25) is 0 Å². The van der Waals surface area contributed by atoms with Gasteiger partial charge in [0.05, 0.1) is 0 Å². The Morgan fingerprint density at radius 1 is 1.15 bits per heavy atom. The summed E-state index contributed by atoms with van der Waals surface area (Å²) in [5.41, 5.74) is 1.34. The fraction of sp³-hybridized carbons (Fsp3) is 0.273. The molecule has 1 aromatic rings. The Labute approximate surface area is 96.3 Å². The number of hydrogen-bond donors (Lipinski definition) is 0. The number of benzene rings is 1. The normalized spacial score (nSPS) is 10.9. The zero-order chi connectivity index (χ0) is 9.52. The molecule has 0 radical (unpaired) electrons. The molecule has 0 heterocycles. The summed E-state index contributed by atoms with van der Waals surface area (Å²) in [6, 6.07) is 8.32. The van der Waals surface area contributed by atoms with Crippen LogP contribution in [0.4, 0.5) is 0 Å². The molecule has 2 heteroatoms. The third-order valence-corrected chi connectivity index (χ3v) is 2.97. The van der Waals surface area contributed by atoms with Crippen LogP contribution in [0.1, 0.15) is 12.0 Å². The number of alkyl halides is 1. The van der Waals surface area contributed by atoms with Crippen molar-refractivity contribution in [2.24, 2.45) is 0 Å². The van der Waals surface area contributed by atoms with Gasteiger partial charge in [-0.1, -0.05) is 62.2 Å². The van der Waals surface area contributed by atoms with Gasteiger partial charge in [-0.05, 0) is 24.5 Å². The first kappa shape index (κ1) is 11.0. The molecule has 0 amide bonds. The first-order valence-corrected chi connectivity index (χ1v) is 6.20. The summed E-state index contributed by atoms with van der Waals surface area (Å²) in [6.07, 6.45) is 6.52. The molecule has 0 aliphatic carbocycles. The monoisotopic (exact) mass is 302 g/mol. The smallest absolute Gasteiger partial charge is 0.0210 e. The van der Waals surface area contributed by atoms with Crippen LogP contribution in [0.5, 0.6) is 0 Å². The molecule has 0 saturated carbocycles. The highest BCUT2D eigenvalue weighted by Crippen LogP contribution is 2.16. The van der Waals surface area contributed by atoms with Crippen LogP contribution in [0.15, 0.2) is 40.9 Å². The summed E-state index contributed by atoms with van der Waals surface area (Å²) in [4.78, 5) is 0. The fourth-order valence-corrected chi connectivity index (χ4v) is 1.77. The summed E-state index contributed by atoms with van der Waals surface area (Å²) >= 11 is 6.91. The van der Waals surface area contributed by atoms with E-state index in [9.17, 15) is 0 Å². The van der Waals surface area contributed by atoms with Gasteiger partial charge in [-0.25, -0.2) is 0 Å². The van der Waals surface area contributed by atoms with Gasteiger partial charge in [0.15, 0.2) is 0 Å². The van der Waals surface area contributed by atoms with E-state index in [0.717, 1.165) is 18.2 Å². The van der Waals surface area contributed by atoms with E-state index in [1.165, 1.54) is 10.0 Å². The second kappa shape index (κ2) is 6.39. The molecular weight excluding hydrogens is 292 g/mol. The lowest BCUT2D eigenvalue weighted by Crippen LogP contribution is -1.81. The maximum atomic E-state index is 3.52. The third kappa shape index (κ3) is 4.10. The van der Waals surface area contributed by atoms with Crippen molar-refractivity contribution in [3.63, 3.8) is 0 Å². The average Bonchev–Trinajstić information content (AvgIpc) is 2.15. The Balaban J connectivity index is 2.49. The fourth-order valence-electron chi connectivity index (χ4n) is 1.06. The predicted molar refractivity (Wildman–Crippen MR) is 65.4 cm³/mol. The molecular formula is C11H12Br2. The van der Waals surface area contributed by atoms with Crippen LogP contribution >= 0.6 is 31.9 Å². The SMILES string of the molecule is BrCCC=CCc1ccccc1Br. The van der Waals surface area contributed by atoms with E-state index < -0.39 is 0 Å². The second-order valence-corrected chi connectivity index (χ2v) is 4.39. The van der Waals surface area contributed by atoms with E-state index in [1.807, 2.05) is 6.07 Å². The molecule has 0 fully saturated rings. The van der Waals surface area contributed by atoms with E-state index in [4.69, 9.17) is 0 Å². The van der Waals surface area contributed by atoms with Crippen molar-refractivity contribution >= 4 is 31.9 Å². The molecule has 0 bridgehead atoms. The lowest BCUT2D eigenvalue weighted by Gasteiger charge is -1.98. The summed E-state index contributed by atoms with van der Waals surface area (Å²) in [5.74, 6) is 0. The van der Waals surface area contributed by atoms with Crippen LogP contribution in [-0.4, -0.2) is 5.33 Å². The first-order valence-electron chi connectivity index (χ1n) is 4.29. The van der Waals surface area contributed by atoms with Crippen molar-refractivity contribution in [1.82, 2.24) is 0 Å². The minimum atomic E-state index is 1.01. The first-order chi connectivity index (χ1) is 6.34. The van der Waals surface area contributed by atoms with E-state index in [1.54, 1.807) is 0 Å². The van der Waals surface area contributed by atoms with Crippen LogP contribution in [0.3, 0.4) is 0 Å². The largest absolute Gasteiger partial charge is 0.0925 e. The average molecular weight is 304 g/mol. The Bertz CT molecular complexity index is 279. The van der Waals surface area contributed by atoms with E-state index in [0.29, 0.717) is 0 Å². The lowest BCUT2D eigenvalue weighted by molar-refractivity contribution is 1.19. The molecule has 1 rings (SSSR count). The highest BCUT2D eigenvalue weighted by molar-refractivity contribution is 9.10. The number of allylic oxidation sites excluding steroid dienone is 2. The summed E-state index contributed by atoms with van der Waals surface area (Å²) in [7, 11) is 0. The van der Waals surface area contributed by atoms with E-state index in [-0.39, 0.29) is 0 Å². The molecule has 0 aliphatic rings. The minimum Gasteiger partial charge on any atom is -0.0925 e. The minimum absolute atomic E-state index is 1.01. The topological polar surface area (TPSA) is 0 Å². The van der Waals surface area contributed by atoms with Crippen molar-refractivity contribution in [1.29, 1.82) is 0 Å². The molecule has 0 nitrogen and oxygen atoms in total. The number of halogens is 2. The maximum absolute atomic E-state index is 3.52. The van der Waals surface area contributed by atoms with Crippen molar-refractivity contribution in [3.8, 4) is 0 Å². The Morgan fingerprint density at radius 3 is 2.62 bits per heavy atom. The maximum Gasteiger partial charge on any atom is 0.0210 e. The molecule has 0 aromatic heterocycles. The number of hydrogen-bond acceptors (Lipinski definition) is 0. The molecule has 1 aromatic carbocycles. The van der Waals surface area contributed by atoms with Gasteiger partial charge >= 0.3 is 0 Å². The van der Waals surface area contributed by atoms with Gasteiger partial charge < -0.3 is 0 Å². The van der Waals surface area contributed by atoms with Gasteiger partial charge in [0.25, 0.3) is 0 Å². The van der Waals surface area contributed by atoms with Crippen molar-refractivity contribution in [2.45, 2.75) is 12.8 Å². The number of rotatable bonds is 4. The molecule has 70 valence electrons. The molecule has 0 spiro atoms. The molecule has 0 aliphatic heterocycles. The zero-order valence-corrected chi connectivity index (χ0v) is 10.5. The molecule has 13 heavy (non-hydrogen) atoms. The van der Waals surface area contributed by atoms with Crippen molar-refractivity contribution in [2.75, 3.05) is 5.33 Å². The van der Waals surface area contributed by atoms with Crippen LogP contribution in [0, 0.1) is 0 Å². The van der Waals surface area contributed by atoms with Gasteiger partial charge in [0, 0.05) is 9.80 Å². The van der Waals surface area contributed by atoms with Gasteiger partial charge in [-0.2, -0.15) is 0 Å². The third-order valence-electron chi connectivity index (χ3n) is 1.74. The van der Waals surface area contributed by atoms with Crippen molar-refractivity contribution in [3.05, 3.63) is 46.5 Å². The van der Waals surface area contributed by atoms with Gasteiger partial charge in [0.1, 0.15) is 0 Å². The quantitative estimate of drug-likeness (QED) is 0.573. The Morgan fingerprint density at radius 2 is 1.92 bits per heavy atom. The van der Waals surface area contributed by atoms with Crippen LogP contribution in [0.2, 0.25) is 0 Å². The highest BCUT2D eigenvalue weighted by Gasteiger charge is 1.93. The van der Waals surface area contributed by atoms with E-state index in [2.05, 4.69) is 62.2 Å². The predicted octanol–water partition coefficient (Wildman–Crippen LogP) is 4.33. The standard InChI is InChI=1S/C11H12Br2/c12-9-5-1-2-6-10-7-3-4-8-11(10)13/h1-4,7-8H,5-6,9H2. The van der Waals surface area contributed by atoms with Crippen LogP contribution in [0.25, 0.3) is 0 Å². The molecule has 0 unspecified atom stereocenters. The Hall–Kier alpha value is -0.0800.